The van der Waals surface area contributed by atoms with E-state index >= 15 is 0 Å². The van der Waals surface area contributed by atoms with Gasteiger partial charge in [-0.25, -0.2) is 16.8 Å². The van der Waals surface area contributed by atoms with E-state index in [1.807, 2.05) is 6.92 Å². The van der Waals surface area contributed by atoms with E-state index in [9.17, 15) is 16.8 Å². The highest BCUT2D eigenvalue weighted by atomic mass is 32.2. The molecule has 1 saturated heterocycles. The number of sulfonamides is 2. The summed E-state index contributed by atoms with van der Waals surface area (Å²) in [4.78, 5) is 0.246. The van der Waals surface area contributed by atoms with Crippen molar-refractivity contribution < 1.29 is 31.0 Å². The van der Waals surface area contributed by atoms with E-state index in [2.05, 4.69) is 0 Å². The van der Waals surface area contributed by atoms with Crippen molar-refractivity contribution in [2.75, 3.05) is 47.5 Å². The summed E-state index contributed by atoms with van der Waals surface area (Å²) in [5.74, 6) is 1.37. The lowest BCUT2D eigenvalue weighted by atomic mass is 10.1. The van der Waals surface area contributed by atoms with Crippen LogP contribution in [0.4, 0.5) is 0 Å². The molecule has 182 valence electrons. The molecule has 1 aliphatic heterocycles. The van der Waals surface area contributed by atoms with Gasteiger partial charge in [-0.1, -0.05) is 6.92 Å². The molecule has 1 aliphatic rings. The van der Waals surface area contributed by atoms with Gasteiger partial charge in [0.1, 0.15) is 5.75 Å². The van der Waals surface area contributed by atoms with Crippen molar-refractivity contribution in [1.29, 1.82) is 0 Å². The highest BCUT2D eigenvalue weighted by Gasteiger charge is 2.32. The standard InChI is InChI=1S/C22H30N2O7S2/c1-5-17-15-18(7-9-20(17)29-2)32(25,26)23-11-6-12-24(14-13-23)33(27,28)19-8-10-21(30-3)22(16-19)31-4/h7-10,15-16H,5-6,11-14H2,1-4H3. The first-order chi connectivity index (χ1) is 15.7. The van der Waals surface area contributed by atoms with Crippen molar-refractivity contribution in [3.05, 3.63) is 42.0 Å². The summed E-state index contributed by atoms with van der Waals surface area (Å²) in [5.41, 5.74) is 0.797. The third-order valence-corrected chi connectivity index (χ3v) is 9.47. The number of benzene rings is 2. The maximum atomic E-state index is 13.3. The predicted octanol–water partition coefficient (Wildman–Crippen LogP) is 2.36. The van der Waals surface area contributed by atoms with Crippen LogP contribution in [0, 0.1) is 0 Å². The van der Waals surface area contributed by atoms with E-state index in [0.29, 0.717) is 30.1 Å². The van der Waals surface area contributed by atoms with Crippen molar-refractivity contribution >= 4 is 20.0 Å². The zero-order chi connectivity index (χ0) is 24.2. The molecule has 2 aromatic carbocycles. The Bertz CT molecular complexity index is 1100. The minimum atomic E-state index is -3.84. The van der Waals surface area contributed by atoms with Crippen LogP contribution in [0.5, 0.6) is 17.2 Å². The van der Waals surface area contributed by atoms with Crippen molar-refractivity contribution in [2.45, 2.75) is 29.6 Å². The molecule has 1 fully saturated rings. The Labute approximate surface area is 196 Å². The Hall–Kier alpha value is -2.34. The molecule has 33 heavy (non-hydrogen) atoms. The molecule has 3 rings (SSSR count). The van der Waals surface area contributed by atoms with Crippen molar-refractivity contribution in [2.24, 2.45) is 0 Å². The van der Waals surface area contributed by atoms with E-state index in [-0.39, 0.29) is 36.0 Å². The van der Waals surface area contributed by atoms with Gasteiger partial charge in [-0.05, 0) is 48.7 Å². The van der Waals surface area contributed by atoms with Crippen LogP contribution in [-0.4, -0.2) is 73.0 Å². The molecule has 9 nitrogen and oxygen atoms in total. The van der Waals surface area contributed by atoms with Crippen molar-refractivity contribution in [3.63, 3.8) is 0 Å². The molecule has 0 bridgehead atoms. The molecule has 0 aliphatic carbocycles. The van der Waals surface area contributed by atoms with Crippen LogP contribution in [-0.2, 0) is 26.5 Å². The fraction of sp³-hybridized carbons (Fsp3) is 0.455. The Morgan fingerprint density at radius 2 is 1.18 bits per heavy atom. The molecule has 0 saturated carbocycles. The number of hydrogen-bond donors (Lipinski definition) is 0. The van der Waals surface area contributed by atoms with Gasteiger partial charge >= 0.3 is 0 Å². The number of ether oxygens (including phenoxy) is 3. The normalized spacial score (nSPS) is 16.2. The Morgan fingerprint density at radius 3 is 1.67 bits per heavy atom. The molecule has 0 aromatic heterocycles. The predicted molar refractivity (Wildman–Crippen MR) is 124 cm³/mol. The van der Waals surface area contributed by atoms with Crippen LogP contribution < -0.4 is 14.2 Å². The highest BCUT2D eigenvalue weighted by Crippen LogP contribution is 2.31. The Morgan fingerprint density at radius 1 is 0.697 bits per heavy atom. The monoisotopic (exact) mass is 498 g/mol. The lowest BCUT2D eigenvalue weighted by molar-refractivity contribution is 0.353. The topological polar surface area (TPSA) is 102 Å². The Balaban J connectivity index is 1.83. The molecule has 2 aromatic rings. The SMILES string of the molecule is CCc1cc(S(=O)(=O)N2CCCN(S(=O)(=O)c3ccc(OC)c(OC)c3)CC2)ccc1OC. The zero-order valence-corrected chi connectivity index (χ0v) is 20.9. The smallest absolute Gasteiger partial charge is 0.243 e. The molecule has 1 heterocycles. The van der Waals surface area contributed by atoms with Gasteiger partial charge in [0.15, 0.2) is 11.5 Å². The average Bonchev–Trinajstić information content (AvgIpc) is 3.10. The second-order valence-corrected chi connectivity index (χ2v) is 11.4. The van der Waals surface area contributed by atoms with Crippen LogP contribution >= 0.6 is 0 Å². The fourth-order valence-corrected chi connectivity index (χ4v) is 6.82. The first-order valence-corrected chi connectivity index (χ1v) is 13.5. The van der Waals surface area contributed by atoms with E-state index in [1.54, 1.807) is 19.2 Å². The van der Waals surface area contributed by atoms with Crippen LogP contribution in [0.1, 0.15) is 18.9 Å². The highest BCUT2D eigenvalue weighted by molar-refractivity contribution is 7.89. The van der Waals surface area contributed by atoms with Gasteiger partial charge in [0.2, 0.25) is 20.0 Å². The van der Waals surface area contributed by atoms with Crippen LogP contribution in [0.25, 0.3) is 0 Å². The number of hydrogen-bond acceptors (Lipinski definition) is 7. The van der Waals surface area contributed by atoms with Gasteiger partial charge in [-0.2, -0.15) is 8.61 Å². The zero-order valence-electron chi connectivity index (χ0n) is 19.3. The lowest BCUT2D eigenvalue weighted by Crippen LogP contribution is -2.37. The van der Waals surface area contributed by atoms with Crippen LogP contribution in [0.15, 0.2) is 46.2 Å². The number of aryl methyl sites for hydroxylation is 1. The molecule has 0 unspecified atom stereocenters. The summed E-state index contributed by atoms with van der Waals surface area (Å²) in [6, 6.07) is 9.21. The van der Waals surface area contributed by atoms with E-state index in [4.69, 9.17) is 14.2 Å². The molecular formula is C22H30N2O7S2. The molecule has 0 spiro atoms. The largest absolute Gasteiger partial charge is 0.496 e. The van der Waals surface area contributed by atoms with Crippen molar-refractivity contribution in [1.82, 2.24) is 8.61 Å². The molecule has 0 N–H and O–H groups in total. The summed E-state index contributed by atoms with van der Waals surface area (Å²) in [6.45, 7) is 2.48. The van der Waals surface area contributed by atoms with Gasteiger partial charge in [-0.15, -0.1) is 0 Å². The maximum Gasteiger partial charge on any atom is 0.243 e. The number of rotatable bonds is 8. The van der Waals surface area contributed by atoms with Crippen LogP contribution in [0.2, 0.25) is 0 Å². The molecular weight excluding hydrogens is 468 g/mol. The quantitative estimate of drug-likeness (QED) is 0.551. The molecule has 0 radical (unpaired) electrons. The van der Waals surface area contributed by atoms with E-state index < -0.39 is 20.0 Å². The minimum absolute atomic E-state index is 0.0483. The summed E-state index contributed by atoms with van der Waals surface area (Å²) >= 11 is 0. The van der Waals surface area contributed by atoms with Gasteiger partial charge in [0, 0.05) is 32.2 Å². The van der Waals surface area contributed by atoms with E-state index in [1.165, 1.54) is 47.1 Å². The summed E-state index contributed by atoms with van der Waals surface area (Å²) < 4.78 is 71.4. The number of methoxy groups -OCH3 is 3. The van der Waals surface area contributed by atoms with Crippen LogP contribution in [0.3, 0.4) is 0 Å². The molecule has 11 heteroatoms. The molecule has 0 amide bonds. The first-order valence-electron chi connectivity index (χ1n) is 10.6. The number of nitrogens with zero attached hydrogens (tertiary/aromatic N) is 2. The Kier molecular flexibility index (Phi) is 7.88. The van der Waals surface area contributed by atoms with Crippen molar-refractivity contribution in [3.8, 4) is 17.2 Å². The lowest BCUT2D eigenvalue weighted by Gasteiger charge is -2.22. The maximum absolute atomic E-state index is 13.3. The minimum Gasteiger partial charge on any atom is -0.496 e. The average molecular weight is 499 g/mol. The van der Waals surface area contributed by atoms with Gasteiger partial charge in [-0.3, -0.25) is 0 Å². The third kappa shape index (κ3) is 5.11. The van der Waals surface area contributed by atoms with Gasteiger partial charge in [0.25, 0.3) is 0 Å². The second kappa shape index (κ2) is 10.3. The molecule has 0 atom stereocenters. The first kappa shape index (κ1) is 25.3. The summed E-state index contributed by atoms with van der Waals surface area (Å²) in [6.07, 6.45) is 1.01. The fourth-order valence-electron chi connectivity index (χ4n) is 3.82. The van der Waals surface area contributed by atoms with E-state index in [0.717, 1.165) is 5.56 Å². The van der Waals surface area contributed by atoms with Gasteiger partial charge < -0.3 is 14.2 Å². The summed E-state index contributed by atoms with van der Waals surface area (Å²) in [7, 11) is -3.16. The second-order valence-electron chi connectivity index (χ2n) is 7.51. The third-order valence-electron chi connectivity index (χ3n) is 5.68. The summed E-state index contributed by atoms with van der Waals surface area (Å²) in [5, 5.41) is 0. The van der Waals surface area contributed by atoms with Gasteiger partial charge in [0.05, 0.1) is 31.1 Å².